The molecule has 0 aromatic heterocycles. The molecule has 1 saturated heterocycles. The van der Waals surface area contributed by atoms with Gasteiger partial charge in [-0.3, -0.25) is 4.79 Å². The number of benzene rings is 1. The molecule has 0 unspecified atom stereocenters. The lowest BCUT2D eigenvalue weighted by Gasteiger charge is -2.23. The van der Waals surface area contributed by atoms with Crippen LogP contribution in [-0.4, -0.2) is 25.7 Å². The highest BCUT2D eigenvalue weighted by Gasteiger charge is 2.25. The number of fused-ring (bicyclic) bond motifs is 1. The molecule has 2 aliphatic rings. The lowest BCUT2D eigenvalue weighted by molar-refractivity contribution is 0.0699. The van der Waals surface area contributed by atoms with E-state index in [1.54, 1.807) is 0 Å². The predicted octanol–water partition coefficient (Wildman–Crippen LogP) is 2.53. The fourth-order valence-corrected chi connectivity index (χ4v) is 3.13. The Hall–Kier alpha value is -1.07. The third kappa shape index (κ3) is 2.62. The van der Waals surface area contributed by atoms with E-state index in [4.69, 9.17) is 4.74 Å². The topological polar surface area (TPSA) is 50.4 Å². The molecule has 1 aromatic carbocycles. The summed E-state index contributed by atoms with van der Waals surface area (Å²) in [5.74, 6) is 0.656. The van der Waals surface area contributed by atoms with Gasteiger partial charge in [-0.15, -0.1) is 0 Å². The molecule has 19 heavy (non-hydrogen) atoms. The minimum absolute atomic E-state index is 0.0192. The van der Waals surface area contributed by atoms with Crippen LogP contribution in [-0.2, 0) is 11.3 Å². The van der Waals surface area contributed by atoms with Crippen LogP contribution >= 0.6 is 15.9 Å². The lowest BCUT2D eigenvalue weighted by Crippen LogP contribution is -2.23. The Morgan fingerprint density at radius 2 is 2.16 bits per heavy atom. The molecule has 2 N–H and O–H groups in total. The van der Waals surface area contributed by atoms with Crippen molar-refractivity contribution in [3.05, 3.63) is 27.7 Å². The summed E-state index contributed by atoms with van der Waals surface area (Å²) in [6.45, 7) is 3.23. The summed E-state index contributed by atoms with van der Waals surface area (Å²) in [4.78, 5) is 11.9. The Labute approximate surface area is 121 Å². The number of carbonyl (C=O) groups is 1. The standard InChI is InChI=1S/C14H17BrN2O2/c15-11-1-2-12(13-10(11)8-17-14(13)18)16-7-9-3-5-19-6-4-9/h1-2,9,16H,3-8H2,(H,17,18). The number of rotatable bonds is 3. The van der Waals surface area contributed by atoms with Gasteiger partial charge < -0.3 is 15.4 Å². The highest BCUT2D eigenvalue weighted by atomic mass is 79.9. The fraction of sp³-hybridized carbons (Fsp3) is 0.500. The van der Waals surface area contributed by atoms with E-state index in [1.807, 2.05) is 12.1 Å². The number of anilines is 1. The van der Waals surface area contributed by atoms with Crippen LogP contribution in [0.15, 0.2) is 16.6 Å². The largest absolute Gasteiger partial charge is 0.384 e. The first-order valence-electron chi connectivity index (χ1n) is 6.67. The van der Waals surface area contributed by atoms with Crippen molar-refractivity contribution in [3.63, 3.8) is 0 Å². The van der Waals surface area contributed by atoms with E-state index in [0.717, 1.165) is 53.9 Å². The molecule has 0 spiro atoms. The van der Waals surface area contributed by atoms with Crippen molar-refractivity contribution < 1.29 is 9.53 Å². The van der Waals surface area contributed by atoms with Crippen molar-refractivity contribution in [2.45, 2.75) is 19.4 Å². The van der Waals surface area contributed by atoms with Gasteiger partial charge in [-0.1, -0.05) is 15.9 Å². The second-order valence-electron chi connectivity index (χ2n) is 5.07. The second-order valence-corrected chi connectivity index (χ2v) is 5.92. The van der Waals surface area contributed by atoms with Crippen LogP contribution in [0.2, 0.25) is 0 Å². The van der Waals surface area contributed by atoms with Gasteiger partial charge in [0.2, 0.25) is 0 Å². The average Bonchev–Trinajstić information content (AvgIpc) is 2.83. The normalized spacial score (nSPS) is 19.1. The minimum atomic E-state index is 0.0192. The van der Waals surface area contributed by atoms with Crippen LogP contribution < -0.4 is 10.6 Å². The highest BCUT2D eigenvalue weighted by molar-refractivity contribution is 9.10. The number of carbonyl (C=O) groups excluding carboxylic acids is 1. The van der Waals surface area contributed by atoms with Crippen LogP contribution in [0.25, 0.3) is 0 Å². The summed E-state index contributed by atoms with van der Waals surface area (Å²) in [5.41, 5.74) is 2.79. The van der Waals surface area contributed by atoms with Crippen molar-refractivity contribution in [1.29, 1.82) is 0 Å². The molecule has 3 rings (SSSR count). The van der Waals surface area contributed by atoms with E-state index in [2.05, 4.69) is 26.6 Å². The molecule has 0 atom stereocenters. The summed E-state index contributed by atoms with van der Waals surface area (Å²) in [7, 11) is 0. The Balaban J connectivity index is 1.74. The maximum absolute atomic E-state index is 11.9. The quantitative estimate of drug-likeness (QED) is 0.898. The fourth-order valence-electron chi connectivity index (χ4n) is 2.66. The van der Waals surface area contributed by atoms with Crippen molar-refractivity contribution >= 4 is 27.5 Å². The van der Waals surface area contributed by atoms with Gasteiger partial charge in [0.05, 0.1) is 5.56 Å². The Bertz CT molecular complexity index is 498. The number of hydrogen-bond donors (Lipinski definition) is 2. The first kappa shape index (κ1) is 12.9. The SMILES string of the molecule is O=C1NCc2c(Br)ccc(NCC3CCOCC3)c21. The average molecular weight is 325 g/mol. The van der Waals surface area contributed by atoms with Gasteiger partial charge in [-0.25, -0.2) is 0 Å². The summed E-state index contributed by atoms with van der Waals surface area (Å²) in [6, 6.07) is 3.98. The summed E-state index contributed by atoms with van der Waals surface area (Å²) in [5, 5.41) is 6.31. The number of hydrogen-bond acceptors (Lipinski definition) is 3. The first-order valence-corrected chi connectivity index (χ1v) is 7.46. The molecule has 5 heteroatoms. The van der Waals surface area contributed by atoms with Crippen LogP contribution in [0.4, 0.5) is 5.69 Å². The zero-order valence-corrected chi connectivity index (χ0v) is 12.3. The predicted molar refractivity (Wildman–Crippen MR) is 77.3 cm³/mol. The van der Waals surface area contributed by atoms with Gasteiger partial charge >= 0.3 is 0 Å². The van der Waals surface area contributed by atoms with Crippen molar-refractivity contribution in [1.82, 2.24) is 5.32 Å². The zero-order chi connectivity index (χ0) is 13.2. The van der Waals surface area contributed by atoms with E-state index in [-0.39, 0.29) is 5.91 Å². The van der Waals surface area contributed by atoms with Gasteiger partial charge in [0, 0.05) is 42.0 Å². The molecular weight excluding hydrogens is 308 g/mol. The monoisotopic (exact) mass is 324 g/mol. The summed E-state index contributed by atoms with van der Waals surface area (Å²) >= 11 is 3.50. The Morgan fingerprint density at radius 1 is 1.37 bits per heavy atom. The third-order valence-electron chi connectivity index (χ3n) is 3.83. The lowest BCUT2D eigenvalue weighted by atomic mass is 10.00. The molecular formula is C14H17BrN2O2. The van der Waals surface area contributed by atoms with E-state index in [0.29, 0.717) is 12.5 Å². The number of halogens is 1. The van der Waals surface area contributed by atoms with E-state index < -0.39 is 0 Å². The molecule has 4 nitrogen and oxygen atoms in total. The molecule has 1 fully saturated rings. The van der Waals surface area contributed by atoms with E-state index in [1.165, 1.54) is 0 Å². The first-order chi connectivity index (χ1) is 9.25. The molecule has 0 radical (unpaired) electrons. The molecule has 1 amide bonds. The smallest absolute Gasteiger partial charge is 0.254 e. The van der Waals surface area contributed by atoms with Gasteiger partial charge in [-0.2, -0.15) is 0 Å². The summed E-state index contributed by atoms with van der Waals surface area (Å²) < 4.78 is 6.36. The van der Waals surface area contributed by atoms with E-state index >= 15 is 0 Å². The summed E-state index contributed by atoms with van der Waals surface area (Å²) in [6.07, 6.45) is 2.19. The Kier molecular flexibility index (Phi) is 3.75. The van der Waals surface area contributed by atoms with Crippen molar-refractivity contribution in [2.75, 3.05) is 25.1 Å². The number of amides is 1. The van der Waals surface area contributed by atoms with Crippen molar-refractivity contribution in [2.24, 2.45) is 5.92 Å². The third-order valence-corrected chi connectivity index (χ3v) is 4.57. The molecule has 102 valence electrons. The van der Waals surface area contributed by atoms with Crippen LogP contribution in [0.5, 0.6) is 0 Å². The number of nitrogens with one attached hydrogen (secondary N) is 2. The maximum Gasteiger partial charge on any atom is 0.254 e. The van der Waals surface area contributed by atoms with Crippen molar-refractivity contribution in [3.8, 4) is 0 Å². The molecule has 2 aliphatic heterocycles. The second kappa shape index (κ2) is 5.51. The highest BCUT2D eigenvalue weighted by Crippen LogP contribution is 2.31. The number of ether oxygens (including phenoxy) is 1. The van der Waals surface area contributed by atoms with Crippen LogP contribution in [0.3, 0.4) is 0 Å². The molecule has 2 heterocycles. The van der Waals surface area contributed by atoms with Crippen LogP contribution in [0, 0.1) is 5.92 Å². The van der Waals surface area contributed by atoms with Gasteiger partial charge in [0.1, 0.15) is 0 Å². The Morgan fingerprint density at radius 3 is 2.95 bits per heavy atom. The van der Waals surface area contributed by atoms with Gasteiger partial charge in [-0.05, 0) is 30.9 Å². The zero-order valence-electron chi connectivity index (χ0n) is 10.7. The van der Waals surface area contributed by atoms with Gasteiger partial charge in [0.25, 0.3) is 5.91 Å². The van der Waals surface area contributed by atoms with E-state index in [9.17, 15) is 4.79 Å². The molecule has 0 bridgehead atoms. The minimum Gasteiger partial charge on any atom is -0.384 e. The van der Waals surface area contributed by atoms with Gasteiger partial charge in [0.15, 0.2) is 0 Å². The maximum atomic E-state index is 11.9. The molecule has 0 aliphatic carbocycles. The molecule has 1 aromatic rings. The molecule has 0 saturated carbocycles. The van der Waals surface area contributed by atoms with Crippen LogP contribution in [0.1, 0.15) is 28.8 Å².